The molecule has 1 aromatic heterocycles. The summed E-state index contributed by atoms with van der Waals surface area (Å²) < 4.78 is 5.33. The molecule has 0 amide bonds. The van der Waals surface area contributed by atoms with E-state index in [-0.39, 0.29) is 12.2 Å². The zero-order valence-corrected chi connectivity index (χ0v) is 7.47. The zero-order valence-electron chi connectivity index (χ0n) is 7.47. The van der Waals surface area contributed by atoms with Crippen LogP contribution in [-0.2, 0) is 0 Å². The van der Waals surface area contributed by atoms with Crippen molar-refractivity contribution < 1.29 is 4.42 Å². The van der Waals surface area contributed by atoms with E-state index in [0.29, 0.717) is 0 Å². The predicted molar refractivity (Wildman–Crippen MR) is 49.9 cm³/mol. The quantitative estimate of drug-likeness (QED) is 0.661. The average molecular weight is 190 g/mol. The molecule has 2 aliphatic heterocycles. The topological polar surface area (TPSA) is 52.8 Å². The Hall–Kier alpha value is -1.49. The third-order valence-corrected chi connectivity index (χ3v) is 2.41. The van der Waals surface area contributed by atoms with E-state index in [4.69, 9.17) is 4.42 Å². The molecule has 1 aromatic rings. The number of hydrogen-bond acceptors (Lipinski definition) is 5. The van der Waals surface area contributed by atoms with Gasteiger partial charge in [-0.1, -0.05) is 0 Å². The smallest absolute Gasteiger partial charge is 0.138 e. The molecule has 0 bridgehead atoms. The highest BCUT2D eigenvalue weighted by Crippen LogP contribution is 2.21. The lowest BCUT2D eigenvalue weighted by Crippen LogP contribution is -2.50. The van der Waals surface area contributed by atoms with Crippen LogP contribution in [0.4, 0.5) is 0 Å². The molecule has 0 spiro atoms. The highest BCUT2D eigenvalue weighted by atomic mass is 16.3. The number of piperazine rings is 1. The van der Waals surface area contributed by atoms with Gasteiger partial charge in [-0.15, -0.1) is 0 Å². The number of nitrogens with zero attached hydrogens (tertiary/aromatic N) is 2. The van der Waals surface area contributed by atoms with Gasteiger partial charge in [-0.3, -0.25) is 10.7 Å². The second kappa shape index (κ2) is 3.02. The summed E-state index contributed by atoms with van der Waals surface area (Å²) in [5.74, 6) is 0.927. The van der Waals surface area contributed by atoms with Gasteiger partial charge in [-0.2, -0.15) is 5.10 Å². The van der Waals surface area contributed by atoms with Crippen LogP contribution in [0.2, 0.25) is 0 Å². The number of hydrogen-bond donors (Lipinski definition) is 2. The van der Waals surface area contributed by atoms with Gasteiger partial charge in [0.2, 0.25) is 0 Å². The number of rotatable bonds is 1. The minimum absolute atomic E-state index is 0.0567. The summed E-state index contributed by atoms with van der Waals surface area (Å²) in [6.07, 6.45) is 3.52. The minimum atomic E-state index is 0.0567. The zero-order chi connectivity index (χ0) is 9.38. The van der Waals surface area contributed by atoms with Crippen molar-refractivity contribution in [3.8, 4) is 0 Å². The van der Waals surface area contributed by atoms with Gasteiger partial charge in [0.1, 0.15) is 24.8 Å². The molecule has 5 nitrogen and oxygen atoms in total. The van der Waals surface area contributed by atoms with Crippen LogP contribution >= 0.6 is 0 Å². The minimum Gasteiger partial charge on any atom is -0.468 e. The molecule has 3 heterocycles. The largest absolute Gasteiger partial charge is 0.468 e. The van der Waals surface area contributed by atoms with Crippen molar-refractivity contribution in [1.29, 1.82) is 0 Å². The maximum atomic E-state index is 5.33. The molecule has 1 saturated heterocycles. The van der Waals surface area contributed by atoms with E-state index in [9.17, 15) is 0 Å². The summed E-state index contributed by atoms with van der Waals surface area (Å²) in [4.78, 5) is 2.07. The van der Waals surface area contributed by atoms with Gasteiger partial charge in [0.25, 0.3) is 0 Å². The van der Waals surface area contributed by atoms with Crippen LogP contribution in [0, 0.1) is 6.54 Å². The van der Waals surface area contributed by atoms with Crippen LogP contribution < -0.4 is 10.7 Å². The van der Waals surface area contributed by atoms with Gasteiger partial charge >= 0.3 is 0 Å². The van der Waals surface area contributed by atoms with E-state index in [1.54, 1.807) is 12.6 Å². The molecular formula is C9H10N4O. The molecule has 5 heteroatoms. The molecule has 2 radical (unpaired) electrons. The van der Waals surface area contributed by atoms with E-state index in [0.717, 1.165) is 12.3 Å². The summed E-state index contributed by atoms with van der Waals surface area (Å²) in [7, 11) is 0. The third-order valence-electron chi connectivity index (χ3n) is 2.41. The second-order valence-corrected chi connectivity index (χ2v) is 3.33. The highest BCUT2D eigenvalue weighted by Gasteiger charge is 2.31. The van der Waals surface area contributed by atoms with Gasteiger partial charge < -0.3 is 9.32 Å². The van der Waals surface area contributed by atoms with Gasteiger partial charge in [0.15, 0.2) is 0 Å². The Morgan fingerprint density at radius 1 is 1.64 bits per heavy atom. The van der Waals surface area contributed by atoms with Crippen LogP contribution in [0.15, 0.2) is 27.9 Å². The molecule has 72 valence electrons. The van der Waals surface area contributed by atoms with Gasteiger partial charge in [0, 0.05) is 6.54 Å². The standard InChI is InChI=1S/C9H10N4O/c1-2-8(14-3-1)7-5-13-6-11-12-9(13)4-10-7/h1-3,6-7,9-10,12H,5H2. The van der Waals surface area contributed by atoms with E-state index < -0.39 is 0 Å². The SMILES string of the molecule is [C]1NC(c2ccco2)CN2C=NNC12. The van der Waals surface area contributed by atoms with Gasteiger partial charge in [0.05, 0.1) is 12.3 Å². The number of fused-ring (bicyclic) bond motifs is 1. The van der Waals surface area contributed by atoms with E-state index in [2.05, 4.69) is 27.3 Å². The van der Waals surface area contributed by atoms with E-state index >= 15 is 0 Å². The molecule has 2 N–H and O–H groups in total. The fourth-order valence-electron chi connectivity index (χ4n) is 1.67. The van der Waals surface area contributed by atoms with Crippen LogP contribution in [0.3, 0.4) is 0 Å². The molecule has 0 aliphatic carbocycles. The fourth-order valence-corrected chi connectivity index (χ4v) is 1.67. The number of furan rings is 1. The molecule has 2 aliphatic rings. The fraction of sp³-hybridized carbons (Fsp3) is 0.333. The molecule has 3 rings (SSSR count). The average Bonchev–Trinajstić information content (AvgIpc) is 2.88. The maximum Gasteiger partial charge on any atom is 0.138 e. The lowest BCUT2D eigenvalue weighted by Gasteiger charge is -2.33. The summed E-state index contributed by atoms with van der Waals surface area (Å²) in [6.45, 7) is 3.93. The van der Waals surface area contributed by atoms with Crippen LogP contribution in [0.5, 0.6) is 0 Å². The van der Waals surface area contributed by atoms with Crippen LogP contribution in [0.1, 0.15) is 11.8 Å². The summed E-state index contributed by atoms with van der Waals surface area (Å²) in [5.41, 5.74) is 2.92. The van der Waals surface area contributed by atoms with Crippen LogP contribution in [-0.4, -0.2) is 23.9 Å². The van der Waals surface area contributed by atoms with Crippen molar-refractivity contribution in [1.82, 2.24) is 15.6 Å². The van der Waals surface area contributed by atoms with Crippen molar-refractivity contribution in [2.24, 2.45) is 5.10 Å². The van der Waals surface area contributed by atoms with Crippen molar-refractivity contribution >= 4 is 6.34 Å². The maximum absolute atomic E-state index is 5.33. The first-order chi connectivity index (χ1) is 6.93. The monoisotopic (exact) mass is 190 g/mol. The van der Waals surface area contributed by atoms with Crippen molar-refractivity contribution in [3.63, 3.8) is 0 Å². The molecule has 14 heavy (non-hydrogen) atoms. The molecule has 0 saturated carbocycles. The second-order valence-electron chi connectivity index (χ2n) is 3.33. The molecule has 1 fully saturated rings. The Balaban J connectivity index is 1.75. The number of nitrogens with one attached hydrogen (secondary N) is 2. The van der Waals surface area contributed by atoms with E-state index in [1.165, 1.54) is 0 Å². The Morgan fingerprint density at radius 2 is 2.64 bits per heavy atom. The summed E-state index contributed by atoms with van der Waals surface area (Å²) in [6, 6.07) is 4.01. The van der Waals surface area contributed by atoms with E-state index in [1.807, 2.05) is 12.1 Å². The molecule has 2 unspecified atom stereocenters. The lowest BCUT2D eigenvalue weighted by molar-refractivity contribution is 0.230. The first-order valence-electron chi connectivity index (χ1n) is 4.52. The molecule has 0 aromatic carbocycles. The van der Waals surface area contributed by atoms with Crippen molar-refractivity contribution in [2.75, 3.05) is 6.54 Å². The third kappa shape index (κ3) is 1.17. The first-order valence-corrected chi connectivity index (χ1v) is 4.52. The van der Waals surface area contributed by atoms with Crippen molar-refractivity contribution in [3.05, 3.63) is 30.7 Å². The first kappa shape index (κ1) is 7.87. The Kier molecular flexibility index (Phi) is 1.70. The number of hydrazone groups is 1. The molecule has 2 atom stereocenters. The lowest BCUT2D eigenvalue weighted by atomic mass is 10.1. The normalized spacial score (nSPS) is 30.1. The van der Waals surface area contributed by atoms with Crippen molar-refractivity contribution in [2.45, 2.75) is 12.2 Å². The molecular weight excluding hydrogens is 180 g/mol. The Bertz CT molecular complexity index is 335. The predicted octanol–water partition coefficient (Wildman–Crippen LogP) is 0.137. The summed E-state index contributed by atoms with van der Waals surface area (Å²) >= 11 is 0. The van der Waals surface area contributed by atoms with Gasteiger partial charge in [-0.05, 0) is 12.1 Å². The highest BCUT2D eigenvalue weighted by molar-refractivity contribution is 5.58. The van der Waals surface area contributed by atoms with Gasteiger partial charge in [-0.25, -0.2) is 0 Å². The summed E-state index contributed by atoms with van der Waals surface area (Å²) in [5, 5.41) is 7.13. The van der Waals surface area contributed by atoms with Crippen LogP contribution in [0.25, 0.3) is 0 Å². The Labute approximate surface area is 81.8 Å². The Morgan fingerprint density at radius 3 is 3.50 bits per heavy atom.